The fourth-order valence-corrected chi connectivity index (χ4v) is 1.13. The van der Waals surface area contributed by atoms with Gasteiger partial charge >= 0.3 is 21.1 Å². The van der Waals surface area contributed by atoms with E-state index in [-0.39, 0.29) is 33.1 Å². The van der Waals surface area contributed by atoms with E-state index in [1.54, 1.807) is 0 Å². The first-order chi connectivity index (χ1) is 7.27. The molecular weight excluding hydrogens is 419 g/mol. The molecule has 0 radical (unpaired) electrons. The fourth-order valence-electron chi connectivity index (χ4n) is 1.13. The zero-order valence-corrected chi connectivity index (χ0v) is 11.0. The van der Waals surface area contributed by atoms with E-state index in [1.807, 2.05) is 0 Å². The van der Waals surface area contributed by atoms with Gasteiger partial charge in [0.15, 0.2) is 0 Å². The largest absolute Gasteiger partial charge is 2.00 e. The molecule has 4 N–H and O–H groups in total. The third-order valence-electron chi connectivity index (χ3n) is 1.77. The van der Waals surface area contributed by atoms with Crippen LogP contribution in [-0.2, 0) is 21.1 Å². The quantitative estimate of drug-likeness (QED) is 0.434. The maximum Gasteiger partial charge on any atom is 2.00 e. The molecule has 1 saturated carbocycles. The van der Waals surface area contributed by atoms with Crippen LogP contribution in [0.25, 0.3) is 11.5 Å². The summed E-state index contributed by atoms with van der Waals surface area (Å²) in [6.45, 7) is 0. The van der Waals surface area contributed by atoms with Crippen LogP contribution in [0.2, 0.25) is 0 Å². The van der Waals surface area contributed by atoms with Gasteiger partial charge in [-0.05, 0) is 0 Å². The standard InChI is InChI=1S/C6H12N2.2HNO3.Pt/c7-5-3-1-2-4-6(5)8;2*2-1(3)4;/h5-8H,1-4H2;2*(H,2,3,4);/q-2;;;+2. The number of hydrogen-bond acceptors (Lipinski definition) is 4. The number of nitrogens with zero attached hydrogens (tertiary/aromatic N) is 2. The molecule has 0 aromatic carbocycles. The number of nitrogens with one attached hydrogen (secondary N) is 2. The molecule has 0 aromatic rings. The van der Waals surface area contributed by atoms with Crippen LogP contribution >= 0.6 is 0 Å². The van der Waals surface area contributed by atoms with Crippen molar-refractivity contribution in [3.05, 3.63) is 31.7 Å². The van der Waals surface area contributed by atoms with E-state index in [4.69, 9.17) is 42.1 Å². The van der Waals surface area contributed by atoms with E-state index in [2.05, 4.69) is 0 Å². The number of hydrogen-bond donors (Lipinski definition) is 2. The molecule has 17 heavy (non-hydrogen) atoms. The molecule has 0 heterocycles. The Balaban J connectivity index is -0.000000189. The number of rotatable bonds is 0. The van der Waals surface area contributed by atoms with Gasteiger partial charge in [-0.1, -0.05) is 25.7 Å². The summed E-state index contributed by atoms with van der Waals surface area (Å²) in [4.78, 5) is 16.7. The molecule has 1 aliphatic carbocycles. The fraction of sp³-hybridized carbons (Fsp3) is 1.00. The van der Waals surface area contributed by atoms with Crippen LogP contribution in [-0.4, -0.2) is 32.7 Å². The van der Waals surface area contributed by atoms with Crippen molar-refractivity contribution in [2.75, 3.05) is 0 Å². The van der Waals surface area contributed by atoms with Gasteiger partial charge in [0.1, 0.15) is 0 Å². The van der Waals surface area contributed by atoms with Crippen molar-refractivity contribution in [1.29, 1.82) is 0 Å². The molecule has 11 heteroatoms. The first kappa shape index (κ1) is 21.3. The molecule has 10 nitrogen and oxygen atoms in total. The van der Waals surface area contributed by atoms with Gasteiger partial charge < -0.3 is 21.9 Å². The minimum atomic E-state index is -1.50. The van der Waals surface area contributed by atoms with Gasteiger partial charge in [-0.2, -0.15) is 12.1 Å². The Labute approximate surface area is 111 Å². The zero-order chi connectivity index (χ0) is 13.1. The molecule has 104 valence electrons. The summed E-state index contributed by atoms with van der Waals surface area (Å²) < 4.78 is 0. The minimum absolute atomic E-state index is 0. The van der Waals surface area contributed by atoms with Crippen molar-refractivity contribution in [2.45, 2.75) is 37.8 Å². The van der Waals surface area contributed by atoms with Crippen molar-refractivity contribution in [1.82, 2.24) is 0 Å². The SMILES string of the molecule is O=[N+]([O-])O.O=[N+]([O-])O.[NH-]C1CCCCC1[NH-].[Pt+2]. The van der Waals surface area contributed by atoms with Gasteiger partial charge in [0.25, 0.3) is 10.2 Å². The van der Waals surface area contributed by atoms with Crippen molar-refractivity contribution >= 4 is 0 Å². The molecule has 0 bridgehead atoms. The molecule has 1 rings (SSSR count). The second-order valence-electron chi connectivity index (χ2n) is 2.97. The van der Waals surface area contributed by atoms with Crippen LogP contribution in [0.3, 0.4) is 0 Å². The van der Waals surface area contributed by atoms with Crippen molar-refractivity contribution < 1.29 is 41.7 Å². The third kappa shape index (κ3) is 25.4. The van der Waals surface area contributed by atoms with Crippen LogP contribution in [0, 0.1) is 20.2 Å². The summed E-state index contributed by atoms with van der Waals surface area (Å²) in [5.74, 6) is 0. The maximum absolute atomic E-state index is 8.36. The predicted molar refractivity (Wildman–Crippen MR) is 52.2 cm³/mol. The molecule has 0 saturated heterocycles. The Hall–Kier alpha value is -0.992. The van der Waals surface area contributed by atoms with Crippen LogP contribution < -0.4 is 0 Å². The summed E-state index contributed by atoms with van der Waals surface area (Å²) in [5, 5.41) is 27.3. The average Bonchev–Trinajstić information content (AvgIpc) is 2.08. The smallest absolute Gasteiger partial charge is 0.676 e. The summed E-state index contributed by atoms with van der Waals surface area (Å²) in [6, 6.07) is -0.160. The van der Waals surface area contributed by atoms with Crippen LogP contribution in [0.4, 0.5) is 0 Å². The van der Waals surface area contributed by atoms with Gasteiger partial charge in [0, 0.05) is 0 Å². The minimum Gasteiger partial charge on any atom is -0.676 e. The Morgan fingerprint density at radius 3 is 1.24 bits per heavy atom. The Kier molecular flexibility index (Phi) is 16.4. The summed E-state index contributed by atoms with van der Waals surface area (Å²) in [7, 11) is 0. The molecular formula is C6H14N4O6Pt. The molecule has 0 spiro atoms. The van der Waals surface area contributed by atoms with E-state index in [9.17, 15) is 0 Å². The Morgan fingerprint density at radius 1 is 0.941 bits per heavy atom. The molecule has 0 amide bonds. The van der Waals surface area contributed by atoms with E-state index in [0.29, 0.717) is 0 Å². The Morgan fingerprint density at radius 2 is 1.12 bits per heavy atom. The van der Waals surface area contributed by atoms with Gasteiger partial charge in [-0.15, -0.1) is 20.2 Å². The predicted octanol–water partition coefficient (Wildman–Crippen LogP) is 1.70. The zero-order valence-electron chi connectivity index (χ0n) is 8.72. The van der Waals surface area contributed by atoms with Gasteiger partial charge in [0.05, 0.1) is 0 Å². The van der Waals surface area contributed by atoms with Crippen molar-refractivity contribution in [3.63, 3.8) is 0 Å². The van der Waals surface area contributed by atoms with E-state index in [0.717, 1.165) is 12.8 Å². The maximum atomic E-state index is 8.36. The third-order valence-corrected chi connectivity index (χ3v) is 1.77. The second kappa shape index (κ2) is 13.1. The molecule has 2 unspecified atom stereocenters. The van der Waals surface area contributed by atoms with E-state index >= 15 is 0 Å². The van der Waals surface area contributed by atoms with Crippen LogP contribution in [0.15, 0.2) is 0 Å². The average molecular weight is 433 g/mol. The van der Waals surface area contributed by atoms with Gasteiger partial charge in [-0.3, -0.25) is 0 Å². The topological polar surface area (TPSA) is 174 Å². The summed E-state index contributed by atoms with van der Waals surface area (Å²) in [6.07, 6.45) is 4.25. The van der Waals surface area contributed by atoms with Crippen molar-refractivity contribution in [2.24, 2.45) is 0 Å². The van der Waals surface area contributed by atoms with E-state index in [1.165, 1.54) is 12.8 Å². The molecule has 1 fully saturated rings. The Bertz CT molecular complexity index is 189. The van der Waals surface area contributed by atoms with Crippen molar-refractivity contribution in [3.8, 4) is 0 Å². The molecule has 0 aliphatic heterocycles. The van der Waals surface area contributed by atoms with Gasteiger partial charge in [0.2, 0.25) is 0 Å². The summed E-state index contributed by atoms with van der Waals surface area (Å²) in [5.41, 5.74) is 14.6. The molecule has 2 atom stereocenters. The first-order valence-electron chi connectivity index (χ1n) is 4.36. The summed E-state index contributed by atoms with van der Waals surface area (Å²) >= 11 is 0. The second-order valence-corrected chi connectivity index (χ2v) is 2.97. The normalized spacial score (nSPS) is 21.5. The van der Waals surface area contributed by atoms with Gasteiger partial charge in [-0.25, -0.2) is 0 Å². The van der Waals surface area contributed by atoms with E-state index < -0.39 is 10.2 Å². The monoisotopic (exact) mass is 433 g/mol. The molecule has 1 aliphatic rings. The first-order valence-corrected chi connectivity index (χ1v) is 4.36. The molecule has 0 aromatic heterocycles. The van der Waals surface area contributed by atoms with Crippen LogP contribution in [0.1, 0.15) is 25.7 Å². The van der Waals surface area contributed by atoms with Crippen LogP contribution in [0.5, 0.6) is 0 Å².